The van der Waals surface area contributed by atoms with E-state index in [1.165, 1.54) is 34.6 Å². The Bertz CT molecular complexity index is 1400. The van der Waals surface area contributed by atoms with Gasteiger partial charge in [-0.2, -0.15) is 17.5 Å². The van der Waals surface area contributed by atoms with Crippen molar-refractivity contribution in [3.05, 3.63) is 87.9 Å². The van der Waals surface area contributed by atoms with E-state index in [4.69, 9.17) is 23.2 Å². The third kappa shape index (κ3) is 5.46. The lowest BCUT2D eigenvalue weighted by molar-refractivity contribution is -0.258. The predicted molar refractivity (Wildman–Crippen MR) is 141 cm³/mol. The Balaban J connectivity index is 1.73. The van der Waals surface area contributed by atoms with Crippen molar-refractivity contribution in [2.24, 2.45) is 0 Å². The Morgan fingerprint density at radius 1 is 1.00 bits per heavy atom. The second-order valence-electron chi connectivity index (χ2n) is 8.82. The molecule has 5 nitrogen and oxygen atoms in total. The number of thiol groups is 1. The number of piperazine rings is 1. The molecule has 1 aliphatic heterocycles. The summed E-state index contributed by atoms with van der Waals surface area (Å²) in [6, 6.07) is 16.0. The molecule has 1 N–H and O–H groups in total. The number of alkyl halides is 3. The summed E-state index contributed by atoms with van der Waals surface area (Å²) in [7, 11) is -3.91. The normalized spacial score (nSPS) is 19.0. The van der Waals surface area contributed by atoms with Crippen molar-refractivity contribution < 1.29 is 26.7 Å². The van der Waals surface area contributed by atoms with Crippen molar-refractivity contribution in [1.29, 1.82) is 0 Å². The van der Waals surface area contributed by atoms with Gasteiger partial charge in [0.15, 0.2) is 5.60 Å². The van der Waals surface area contributed by atoms with Crippen LogP contribution in [0, 0.1) is 0 Å². The molecule has 37 heavy (non-hydrogen) atoms. The number of rotatable bonds is 5. The molecule has 3 aromatic carbocycles. The highest BCUT2D eigenvalue weighted by Crippen LogP contribution is 2.41. The first-order valence-electron chi connectivity index (χ1n) is 11.1. The van der Waals surface area contributed by atoms with Crippen LogP contribution in [-0.4, -0.2) is 43.6 Å². The van der Waals surface area contributed by atoms with Crippen LogP contribution in [0.2, 0.25) is 10.0 Å². The zero-order valence-corrected chi connectivity index (χ0v) is 22.7. The Hall–Kier alpha value is -1.95. The summed E-state index contributed by atoms with van der Waals surface area (Å²) in [5.41, 5.74) is -2.23. The van der Waals surface area contributed by atoms with Gasteiger partial charge in [0, 0.05) is 40.3 Å². The number of halogens is 5. The number of hydrogen-bond donors (Lipinski definition) is 2. The molecule has 198 valence electrons. The first kappa shape index (κ1) is 28.1. The van der Waals surface area contributed by atoms with Crippen molar-refractivity contribution in [2.45, 2.75) is 34.5 Å². The fourth-order valence-electron chi connectivity index (χ4n) is 4.28. The molecular formula is C25H23Cl2F3N2O3S2. The average Bonchev–Trinajstić information content (AvgIpc) is 2.84. The van der Waals surface area contributed by atoms with Gasteiger partial charge in [-0.3, -0.25) is 0 Å². The molecule has 1 fully saturated rings. The van der Waals surface area contributed by atoms with Crippen molar-refractivity contribution in [3.8, 4) is 0 Å². The van der Waals surface area contributed by atoms with Crippen LogP contribution >= 0.6 is 35.8 Å². The Morgan fingerprint density at radius 3 is 2.27 bits per heavy atom. The Labute approximate surface area is 228 Å². The van der Waals surface area contributed by atoms with Gasteiger partial charge in [0.25, 0.3) is 0 Å². The molecule has 0 amide bonds. The largest absolute Gasteiger partial charge is 0.421 e. The standard InChI is InChI=1S/C25H23Cl2F3N2O3S2/c1-24(33,25(28,29)30)16-6-9-18(10-7-16)32-13-12-31(37(34,35)23-5-3-2-4-22(23)36)15-21(32)19-14-17(26)8-11-20(19)27/h2-11,14,21,33,36H,12-13,15H2,1H3/t21-,24-/m1/s1. The summed E-state index contributed by atoms with van der Waals surface area (Å²) in [6.45, 7) is 1.03. The maximum atomic E-state index is 13.5. The van der Waals surface area contributed by atoms with Gasteiger partial charge in [-0.15, -0.1) is 12.6 Å². The molecule has 2 atom stereocenters. The van der Waals surface area contributed by atoms with Gasteiger partial charge in [0.05, 0.1) is 10.9 Å². The number of hydrogen-bond acceptors (Lipinski definition) is 5. The van der Waals surface area contributed by atoms with Crippen LogP contribution in [-0.2, 0) is 15.6 Å². The van der Waals surface area contributed by atoms with Crippen LogP contribution in [0.5, 0.6) is 0 Å². The van der Waals surface area contributed by atoms with E-state index >= 15 is 0 Å². The number of sulfonamides is 1. The van der Waals surface area contributed by atoms with E-state index in [0.29, 0.717) is 33.1 Å². The number of benzene rings is 3. The van der Waals surface area contributed by atoms with Crippen LogP contribution in [0.15, 0.2) is 76.5 Å². The quantitative estimate of drug-likeness (QED) is 0.342. The van der Waals surface area contributed by atoms with E-state index in [-0.39, 0.29) is 30.1 Å². The van der Waals surface area contributed by atoms with Crippen LogP contribution in [0.3, 0.4) is 0 Å². The Morgan fingerprint density at radius 2 is 1.65 bits per heavy atom. The highest BCUT2D eigenvalue weighted by Gasteiger charge is 2.51. The van der Waals surface area contributed by atoms with Gasteiger partial charge < -0.3 is 10.0 Å². The van der Waals surface area contributed by atoms with Gasteiger partial charge in [-0.25, -0.2) is 8.42 Å². The van der Waals surface area contributed by atoms with E-state index in [0.717, 1.165) is 0 Å². The van der Waals surface area contributed by atoms with E-state index in [1.54, 1.807) is 36.4 Å². The summed E-state index contributed by atoms with van der Waals surface area (Å²) < 4.78 is 68.2. The van der Waals surface area contributed by atoms with E-state index < -0.39 is 27.8 Å². The Kier molecular flexibility index (Phi) is 7.82. The lowest BCUT2D eigenvalue weighted by Crippen LogP contribution is -2.50. The maximum absolute atomic E-state index is 13.5. The van der Waals surface area contributed by atoms with Crippen molar-refractivity contribution in [3.63, 3.8) is 0 Å². The zero-order chi connectivity index (χ0) is 27.2. The van der Waals surface area contributed by atoms with E-state index in [1.807, 2.05) is 4.90 Å². The third-order valence-corrected chi connectivity index (χ3v) is 9.50. The number of nitrogens with zero attached hydrogens (tertiary/aromatic N) is 2. The van der Waals surface area contributed by atoms with Gasteiger partial charge in [-0.1, -0.05) is 47.5 Å². The molecule has 4 rings (SSSR count). The van der Waals surface area contributed by atoms with E-state index in [9.17, 15) is 26.7 Å². The number of aliphatic hydroxyl groups is 1. The second kappa shape index (κ2) is 10.3. The van der Waals surface area contributed by atoms with Crippen molar-refractivity contribution in [1.82, 2.24) is 4.31 Å². The first-order chi connectivity index (χ1) is 17.2. The molecule has 0 aliphatic carbocycles. The minimum atomic E-state index is -4.85. The monoisotopic (exact) mass is 590 g/mol. The molecule has 1 heterocycles. The summed E-state index contributed by atoms with van der Waals surface area (Å²) in [5, 5.41) is 10.8. The second-order valence-corrected chi connectivity index (χ2v) is 12.1. The van der Waals surface area contributed by atoms with Crippen LogP contribution in [0.1, 0.15) is 24.1 Å². The average molecular weight is 592 g/mol. The molecule has 0 bridgehead atoms. The lowest BCUT2D eigenvalue weighted by atomic mass is 9.94. The van der Waals surface area contributed by atoms with Gasteiger partial charge >= 0.3 is 6.18 Å². The van der Waals surface area contributed by atoms with Crippen molar-refractivity contribution in [2.75, 3.05) is 24.5 Å². The lowest BCUT2D eigenvalue weighted by Gasteiger charge is -2.43. The molecule has 3 aromatic rings. The molecule has 0 unspecified atom stereocenters. The number of anilines is 1. The fraction of sp³-hybridized carbons (Fsp3) is 0.280. The topological polar surface area (TPSA) is 60.9 Å². The first-order valence-corrected chi connectivity index (χ1v) is 13.8. The van der Waals surface area contributed by atoms with Gasteiger partial charge in [0.2, 0.25) is 10.0 Å². The molecule has 0 spiro atoms. The molecule has 12 heteroatoms. The molecule has 1 saturated heterocycles. The summed E-state index contributed by atoms with van der Waals surface area (Å²) in [5.74, 6) is 0. The predicted octanol–water partition coefficient (Wildman–Crippen LogP) is 6.30. The fourth-order valence-corrected chi connectivity index (χ4v) is 6.73. The summed E-state index contributed by atoms with van der Waals surface area (Å²) >= 11 is 17.0. The SMILES string of the molecule is C[C@@](O)(c1ccc(N2CCN(S(=O)(=O)c3ccccc3S)C[C@@H]2c2cc(Cl)ccc2Cl)cc1)C(F)(F)F. The van der Waals surface area contributed by atoms with Gasteiger partial charge in [0.1, 0.15) is 0 Å². The van der Waals surface area contributed by atoms with Crippen molar-refractivity contribution >= 4 is 51.5 Å². The van der Waals surface area contributed by atoms with Crippen LogP contribution in [0.4, 0.5) is 18.9 Å². The highest BCUT2D eigenvalue weighted by molar-refractivity contribution is 7.90. The molecule has 0 saturated carbocycles. The minimum absolute atomic E-state index is 0.00647. The zero-order valence-electron chi connectivity index (χ0n) is 19.5. The van der Waals surface area contributed by atoms with E-state index in [2.05, 4.69) is 12.6 Å². The summed E-state index contributed by atoms with van der Waals surface area (Å²) in [4.78, 5) is 2.25. The molecule has 0 aromatic heterocycles. The molecule has 1 aliphatic rings. The molecular weight excluding hydrogens is 568 g/mol. The summed E-state index contributed by atoms with van der Waals surface area (Å²) in [6.07, 6.45) is -4.85. The smallest absolute Gasteiger partial charge is 0.376 e. The third-order valence-electron chi connectivity index (χ3n) is 6.46. The maximum Gasteiger partial charge on any atom is 0.421 e. The highest BCUT2D eigenvalue weighted by atomic mass is 35.5. The van der Waals surface area contributed by atoms with Crippen LogP contribution < -0.4 is 4.90 Å². The minimum Gasteiger partial charge on any atom is -0.376 e. The van der Waals surface area contributed by atoms with Crippen LogP contribution in [0.25, 0.3) is 0 Å². The molecule has 0 radical (unpaired) electrons. The van der Waals surface area contributed by atoms with Gasteiger partial charge in [-0.05, 0) is 60.5 Å².